The Morgan fingerprint density at radius 1 is 1.19 bits per heavy atom. The zero-order chi connectivity index (χ0) is 15.4. The standard InChI is InChI=1S/C16H15F2NOS/c1-10-8-12(17)3-2-11(10)6-7-19-16(20)14-9-13(21)4-5-15(14)18/h2-5,8-9,21H,6-7H2,1H3,(H,19,20). The summed E-state index contributed by atoms with van der Waals surface area (Å²) in [7, 11) is 0. The van der Waals surface area contributed by atoms with E-state index in [4.69, 9.17) is 0 Å². The highest BCUT2D eigenvalue weighted by molar-refractivity contribution is 7.80. The summed E-state index contributed by atoms with van der Waals surface area (Å²) < 4.78 is 26.5. The number of hydrogen-bond donors (Lipinski definition) is 2. The Balaban J connectivity index is 1.97. The minimum Gasteiger partial charge on any atom is -0.352 e. The van der Waals surface area contributed by atoms with Gasteiger partial charge in [0.2, 0.25) is 0 Å². The Morgan fingerprint density at radius 2 is 1.95 bits per heavy atom. The quantitative estimate of drug-likeness (QED) is 0.831. The fraction of sp³-hybridized carbons (Fsp3) is 0.188. The first-order valence-electron chi connectivity index (χ1n) is 6.49. The van der Waals surface area contributed by atoms with Crippen LogP contribution >= 0.6 is 12.6 Å². The zero-order valence-electron chi connectivity index (χ0n) is 11.5. The largest absolute Gasteiger partial charge is 0.352 e. The van der Waals surface area contributed by atoms with Crippen LogP contribution in [0.2, 0.25) is 0 Å². The Morgan fingerprint density at radius 3 is 2.67 bits per heavy atom. The third kappa shape index (κ3) is 4.04. The van der Waals surface area contributed by atoms with E-state index in [1.807, 2.05) is 6.92 Å². The summed E-state index contributed by atoms with van der Waals surface area (Å²) in [4.78, 5) is 12.4. The number of halogens is 2. The minimum absolute atomic E-state index is 0.0293. The Labute approximate surface area is 127 Å². The van der Waals surface area contributed by atoms with E-state index in [0.717, 1.165) is 11.1 Å². The molecule has 2 rings (SSSR count). The molecule has 0 aliphatic carbocycles. The highest BCUT2D eigenvalue weighted by atomic mass is 32.1. The second-order valence-electron chi connectivity index (χ2n) is 4.74. The molecule has 0 saturated heterocycles. The maximum absolute atomic E-state index is 13.5. The molecule has 110 valence electrons. The summed E-state index contributed by atoms with van der Waals surface area (Å²) in [5, 5.41) is 2.65. The predicted octanol–water partition coefficient (Wildman–Crippen LogP) is 3.53. The summed E-state index contributed by atoms with van der Waals surface area (Å²) in [5.41, 5.74) is 1.74. The van der Waals surface area contributed by atoms with Gasteiger partial charge >= 0.3 is 0 Å². The molecule has 5 heteroatoms. The monoisotopic (exact) mass is 307 g/mol. The van der Waals surface area contributed by atoms with Crippen molar-refractivity contribution in [1.82, 2.24) is 5.32 Å². The second kappa shape index (κ2) is 6.72. The van der Waals surface area contributed by atoms with Crippen molar-refractivity contribution >= 4 is 18.5 Å². The number of rotatable bonds is 4. The lowest BCUT2D eigenvalue weighted by Crippen LogP contribution is -2.26. The number of carbonyl (C=O) groups excluding carboxylic acids is 1. The molecule has 0 aromatic heterocycles. The van der Waals surface area contributed by atoms with Gasteiger partial charge in [-0.15, -0.1) is 12.6 Å². The molecule has 0 heterocycles. The maximum atomic E-state index is 13.5. The van der Waals surface area contributed by atoms with Crippen LogP contribution in [-0.2, 0) is 6.42 Å². The number of aryl methyl sites for hydroxylation is 1. The van der Waals surface area contributed by atoms with Gasteiger partial charge in [-0.3, -0.25) is 4.79 Å². The van der Waals surface area contributed by atoms with Crippen molar-refractivity contribution in [2.45, 2.75) is 18.2 Å². The van der Waals surface area contributed by atoms with Crippen LogP contribution in [-0.4, -0.2) is 12.5 Å². The van der Waals surface area contributed by atoms with Crippen molar-refractivity contribution in [3.8, 4) is 0 Å². The average Bonchev–Trinajstić information content (AvgIpc) is 2.43. The first-order chi connectivity index (χ1) is 9.97. The summed E-state index contributed by atoms with van der Waals surface area (Å²) in [6.45, 7) is 2.16. The number of hydrogen-bond acceptors (Lipinski definition) is 2. The summed E-state index contributed by atoms with van der Waals surface area (Å²) >= 11 is 4.09. The van der Waals surface area contributed by atoms with Crippen LogP contribution in [0.1, 0.15) is 21.5 Å². The molecular formula is C16H15F2NOS. The molecule has 0 bridgehead atoms. The van der Waals surface area contributed by atoms with Crippen LogP contribution in [0.4, 0.5) is 8.78 Å². The molecule has 1 amide bonds. The molecule has 0 unspecified atom stereocenters. The number of benzene rings is 2. The molecule has 21 heavy (non-hydrogen) atoms. The third-order valence-corrected chi connectivity index (χ3v) is 3.46. The Bertz CT molecular complexity index is 673. The predicted molar refractivity (Wildman–Crippen MR) is 80.8 cm³/mol. The normalized spacial score (nSPS) is 10.5. The Hall–Kier alpha value is -1.88. The van der Waals surface area contributed by atoms with Crippen LogP contribution in [0, 0.1) is 18.6 Å². The SMILES string of the molecule is Cc1cc(F)ccc1CCNC(=O)c1cc(S)ccc1F. The van der Waals surface area contributed by atoms with Gasteiger partial charge in [0.15, 0.2) is 0 Å². The molecule has 0 fully saturated rings. The zero-order valence-corrected chi connectivity index (χ0v) is 12.4. The first kappa shape index (κ1) is 15.5. The van der Waals surface area contributed by atoms with E-state index < -0.39 is 11.7 Å². The van der Waals surface area contributed by atoms with Crippen LogP contribution in [0.25, 0.3) is 0 Å². The smallest absolute Gasteiger partial charge is 0.254 e. The molecule has 1 N–H and O–H groups in total. The highest BCUT2D eigenvalue weighted by Crippen LogP contribution is 2.14. The molecule has 0 aliphatic rings. The minimum atomic E-state index is -0.580. The van der Waals surface area contributed by atoms with E-state index in [1.165, 1.54) is 30.3 Å². The summed E-state index contributed by atoms with van der Waals surface area (Å²) in [6.07, 6.45) is 0.556. The number of thiol groups is 1. The Kier molecular flexibility index (Phi) is 4.96. The third-order valence-electron chi connectivity index (χ3n) is 3.18. The van der Waals surface area contributed by atoms with E-state index >= 15 is 0 Å². The van der Waals surface area contributed by atoms with Crippen molar-refractivity contribution in [3.63, 3.8) is 0 Å². The molecule has 0 saturated carbocycles. The van der Waals surface area contributed by atoms with Crippen LogP contribution in [0.5, 0.6) is 0 Å². The van der Waals surface area contributed by atoms with Gasteiger partial charge in [-0.2, -0.15) is 0 Å². The van der Waals surface area contributed by atoms with Gasteiger partial charge in [-0.25, -0.2) is 8.78 Å². The van der Waals surface area contributed by atoms with Crippen molar-refractivity contribution in [2.75, 3.05) is 6.54 Å². The molecule has 2 aromatic rings. The lowest BCUT2D eigenvalue weighted by atomic mass is 10.1. The fourth-order valence-corrected chi connectivity index (χ4v) is 2.24. The molecule has 0 radical (unpaired) electrons. The van der Waals surface area contributed by atoms with Crippen molar-refractivity contribution in [2.24, 2.45) is 0 Å². The first-order valence-corrected chi connectivity index (χ1v) is 6.94. The van der Waals surface area contributed by atoms with E-state index in [0.29, 0.717) is 17.9 Å². The molecule has 0 spiro atoms. The lowest BCUT2D eigenvalue weighted by molar-refractivity contribution is 0.0950. The van der Waals surface area contributed by atoms with Crippen LogP contribution in [0.15, 0.2) is 41.3 Å². The second-order valence-corrected chi connectivity index (χ2v) is 5.26. The topological polar surface area (TPSA) is 29.1 Å². The van der Waals surface area contributed by atoms with Gasteiger partial charge < -0.3 is 5.32 Å². The molecular weight excluding hydrogens is 292 g/mol. The van der Waals surface area contributed by atoms with Gasteiger partial charge in [0, 0.05) is 11.4 Å². The van der Waals surface area contributed by atoms with Crippen LogP contribution in [0.3, 0.4) is 0 Å². The summed E-state index contributed by atoms with van der Waals surface area (Å²) in [6, 6.07) is 8.59. The summed E-state index contributed by atoms with van der Waals surface area (Å²) in [5.74, 6) is -1.35. The van der Waals surface area contributed by atoms with Crippen molar-refractivity contribution in [3.05, 3.63) is 64.7 Å². The van der Waals surface area contributed by atoms with E-state index in [2.05, 4.69) is 17.9 Å². The van der Waals surface area contributed by atoms with E-state index in [9.17, 15) is 13.6 Å². The van der Waals surface area contributed by atoms with Gasteiger partial charge in [0.05, 0.1) is 5.56 Å². The van der Waals surface area contributed by atoms with E-state index in [-0.39, 0.29) is 11.4 Å². The van der Waals surface area contributed by atoms with Gasteiger partial charge in [-0.05, 0) is 54.8 Å². The molecule has 0 atom stereocenters. The highest BCUT2D eigenvalue weighted by Gasteiger charge is 2.11. The van der Waals surface area contributed by atoms with Gasteiger partial charge in [-0.1, -0.05) is 6.07 Å². The van der Waals surface area contributed by atoms with Crippen LogP contribution < -0.4 is 5.32 Å². The average molecular weight is 307 g/mol. The van der Waals surface area contributed by atoms with Crippen molar-refractivity contribution < 1.29 is 13.6 Å². The number of carbonyl (C=O) groups is 1. The van der Waals surface area contributed by atoms with E-state index in [1.54, 1.807) is 6.07 Å². The van der Waals surface area contributed by atoms with Gasteiger partial charge in [0.1, 0.15) is 11.6 Å². The van der Waals surface area contributed by atoms with Crippen molar-refractivity contribution in [1.29, 1.82) is 0 Å². The lowest BCUT2D eigenvalue weighted by Gasteiger charge is -2.08. The number of amides is 1. The fourth-order valence-electron chi connectivity index (χ4n) is 2.03. The van der Waals surface area contributed by atoms with Gasteiger partial charge in [0.25, 0.3) is 5.91 Å². The molecule has 0 aliphatic heterocycles. The molecule has 2 nitrogen and oxygen atoms in total. The molecule has 2 aromatic carbocycles. The maximum Gasteiger partial charge on any atom is 0.254 e. The number of nitrogens with one attached hydrogen (secondary N) is 1.